The van der Waals surface area contributed by atoms with Crippen molar-refractivity contribution in [3.05, 3.63) is 470 Å². The first-order valence-electron chi connectivity index (χ1n) is 34.3. The maximum Gasteiger partial charge on any atom is 0.494 e. The van der Waals surface area contributed by atoms with Crippen molar-refractivity contribution in [3.63, 3.8) is 0 Å². The molecule has 0 radical (unpaired) electrons. The Balaban J connectivity index is 0.000000179. The van der Waals surface area contributed by atoms with E-state index in [1.165, 1.54) is 117 Å². The molecule has 0 unspecified atom stereocenters. The zero-order chi connectivity index (χ0) is 69.4. The third-order valence-electron chi connectivity index (χ3n) is 18.6. The van der Waals surface area contributed by atoms with Crippen LogP contribution in [0.3, 0.4) is 0 Å². The Kier molecular flexibility index (Phi) is 22.1. The highest BCUT2D eigenvalue weighted by Gasteiger charge is 2.51. The minimum atomic E-state index is -0.408. The van der Waals surface area contributed by atoms with Crippen molar-refractivity contribution in [2.45, 2.75) is 38.9 Å². The zero-order valence-electron chi connectivity index (χ0n) is 57.2. The second-order valence-corrected chi connectivity index (χ2v) is 27.8. The standard InChI is InChI=1S/C58H42.C32H31BO2.C6H4Br2/c1-7-22-43(23-8-1)55(44-24-9-2-10-25-44)57(47-30-15-5-16-31-47)53-38-20-36-51(41-53)49-34-19-35-50(40-49)52-37-21-39-54(42-52)58(48-32-17-6-18-33-48)56(45-26-11-3-12-27-45)46-28-13-4-14-29-46;1-31(2)32(3,4)35-33(34-31)28-22-14-21-27(23-28)30(26-19-12-7-13-20-26)29(24-15-8-5-9-16-24)25-17-10-6-11-18-25;7-5-2-1-3-6(8)4-5/h1-42H;5-23H,1-4H3;1-4H. The van der Waals surface area contributed by atoms with Crippen LogP contribution in [0.1, 0.15) is 94.5 Å². The Hall–Kier alpha value is -10.8. The summed E-state index contributed by atoms with van der Waals surface area (Å²) < 4.78 is 15.0. The van der Waals surface area contributed by atoms with Crippen molar-refractivity contribution < 1.29 is 9.31 Å². The first-order valence-corrected chi connectivity index (χ1v) is 35.9. The fraction of sp³-hybridized carbons (Fsp3) is 0.0625. The molecule has 5 heteroatoms. The third kappa shape index (κ3) is 16.6. The summed E-state index contributed by atoms with van der Waals surface area (Å²) >= 11 is 6.66. The minimum absolute atomic E-state index is 0.384. The average molecular weight is 1430 g/mol. The van der Waals surface area contributed by atoms with E-state index in [1.807, 2.05) is 24.3 Å². The third-order valence-corrected chi connectivity index (χ3v) is 19.6. The molecule has 0 atom stereocenters. The summed E-state index contributed by atoms with van der Waals surface area (Å²) in [6, 6.07) is 140. The van der Waals surface area contributed by atoms with Gasteiger partial charge in [-0.1, -0.05) is 390 Å². The highest BCUT2D eigenvalue weighted by Crippen LogP contribution is 2.43. The molecule has 101 heavy (non-hydrogen) atoms. The molecular weight excluding hydrogens is 1360 g/mol. The molecule has 0 aromatic heterocycles. The summed E-state index contributed by atoms with van der Waals surface area (Å²) in [5.74, 6) is 0. The van der Waals surface area contributed by atoms with Crippen LogP contribution in [0, 0.1) is 0 Å². The summed E-state index contributed by atoms with van der Waals surface area (Å²) in [5.41, 5.74) is 26.3. The molecule has 14 aromatic rings. The molecule has 1 saturated heterocycles. The van der Waals surface area contributed by atoms with E-state index in [0.29, 0.717) is 0 Å². The first kappa shape index (κ1) is 68.8. The molecule has 0 aliphatic carbocycles. The molecule has 490 valence electrons. The lowest BCUT2D eigenvalue weighted by Crippen LogP contribution is -2.41. The van der Waals surface area contributed by atoms with E-state index < -0.39 is 7.12 Å². The molecule has 0 spiro atoms. The van der Waals surface area contributed by atoms with E-state index in [0.717, 1.165) is 20.0 Å². The number of rotatable bonds is 15. The van der Waals surface area contributed by atoms with Gasteiger partial charge >= 0.3 is 7.12 Å². The molecule has 2 nitrogen and oxygen atoms in total. The number of hydrogen-bond donors (Lipinski definition) is 0. The molecule has 1 aliphatic heterocycles. The van der Waals surface area contributed by atoms with Gasteiger partial charge in [-0.3, -0.25) is 0 Å². The lowest BCUT2D eigenvalue weighted by Gasteiger charge is -2.32. The topological polar surface area (TPSA) is 18.5 Å². The summed E-state index contributed by atoms with van der Waals surface area (Å²) in [6.07, 6.45) is 0. The fourth-order valence-electron chi connectivity index (χ4n) is 13.0. The van der Waals surface area contributed by atoms with Gasteiger partial charge in [0, 0.05) is 8.95 Å². The second-order valence-electron chi connectivity index (χ2n) is 25.9. The average Bonchev–Trinajstić information content (AvgIpc) is 1.76. The second kappa shape index (κ2) is 32.5. The van der Waals surface area contributed by atoms with E-state index in [2.05, 4.69) is 430 Å². The van der Waals surface area contributed by atoms with Crippen molar-refractivity contribution in [2.24, 2.45) is 0 Å². The van der Waals surface area contributed by atoms with E-state index in [1.54, 1.807) is 0 Å². The van der Waals surface area contributed by atoms with Gasteiger partial charge in [-0.25, -0.2) is 0 Å². The summed E-state index contributed by atoms with van der Waals surface area (Å²) in [5, 5.41) is 0. The first-order chi connectivity index (χ1) is 49.4. The van der Waals surface area contributed by atoms with Crippen LogP contribution in [-0.2, 0) is 9.31 Å². The van der Waals surface area contributed by atoms with Gasteiger partial charge in [0.25, 0.3) is 0 Å². The van der Waals surface area contributed by atoms with Gasteiger partial charge in [-0.05, 0) is 192 Å². The van der Waals surface area contributed by atoms with Gasteiger partial charge in [0.05, 0.1) is 11.2 Å². The van der Waals surface area contributed by atoms with Crippen LogP contribution >= 0.6 is 31.9 Å². The summed E-state index contributed by atoms with van der Waals surface area (Å²) in [6.45, 7) is 8.37. The molecule has 0 N–H and O–H groups in total. The van der Waals surface area contributed by atoms with Crippen LogP contribution in [0.4, 0.5) is 0 Å². The van der Waals surface area contributed by atoms with E-state index in [4.69, 9.17) is 9.31 Å². The normalized spacial score (nSPS) is 12.5. The van der Waals surface area contributed by atoms with E-state index in [-0.39, 0.29) is 11.2 Å². The van der Waals surface area contributed by atoms with E-state index in [9.17, 15) is 0 Å². The van der Waals surface area contributed by atoms with Gasteiger partial charge in [-0.15, -0.1) is 0 Å². The molecule has 14 aromatic carbocycles. The Morgan fingerprint density at radius 1 is 0.208 bits per heavy atom. The smallest absolute Gasteiger partial charge is 0.399 e. The molecule has 0 saturated carbocycles. The van der Waals surface area contributed by atoms with Crippen LogP contribution in [0.5, 0.6) is 0 Å². The molecule has 0 amide bonds. The predicted molar refractivity (Wildman–Crippen MR) is 434 cm³/mol. The van der Waals surface area contributed by atoms with Crippen LogP contribution in [0.2, 0.25) is 0 Å². The van der Waals surface area contributed by atoms with Crippen molar-refractivity contribution in [2.75, 3.05) is 0 Å². The van der Waals surface area contributed by atoms with Gasteiger partial charge in [0.15, 0.2) is 0 Å². The van der Waals surface area contributed by atoms with Gasteiger partial charge in [0.1, 0.15) is 0 Å². The Morgan fingerprint density at radius 2 is 0.406 bits per heavy atom. The van der Waals surface area contributed by atoms with Crippen molar-refractivity contribution in [1.82, 2.24) is 0 Å². The van der Waals surface area contributed by atoms with Crippen molar-refractivity contribution >= 4 is 77.9 Å². The molecule has 0 bridgehead atoms. The molecule has 1 heterocycles. The van der Waals surface area contributed by atoms with Crippen LogP contribution in [0.15, 0.2) is 403 Å². The molecule has 1 fully saturated rings. The monoisotopic (exact) mass is 1430 g/mol. The molecule has 1 aliphatic rings. The largest absolute Gasteiger partial charge is 0.494 e. The highest BCUT2D eigenvalue weighted by molar-refractivity contribution is 9.11. The number of halogens is 2. The van der Waals surface area contributed by atoms with Crippen molar-refractivity contribution in [3.8, 4) is 22.3 Å². The van der Waals surface area contributed by atoms with Gasteiger partial charge in [-0.2, -0.15) is 0 Å². The van der Waals surface area contributed by atoms with Crippen LogP contribution < -0.4 is 5.46 Å². The summed E-state index contributed by atoms with van der Waals surface area (Å²) in [4.78, 5) is 0. The fourth-order valence-corrected chi connectivity index (χ4v) is 14.1. The zero-order valence-corrected chi connectivity index (χ0v) is 60.3. The van der Waals surface area contributed by atoms with Crippen LogP contribution in [-0.4, -0.2) is 18.3 Å². The molecular formula is C96H77BBr2O2. The SMILES string of the molecule is Brc1cccc(Br)c1.CC1(C)OB(c2cccc(C(=C(c3ccccc3)c3ccccc3)c3ccccc3)c2)OC1(C)C.c1ccc(C(=C(c2ccccc2)c2cccc(-c3cccc(-c4cccc(C(=C(c5ccccc5)c5ccccc5)c5ccccc5)c4)c3)c2)c2ccccc2)cc1. The lowest BCUT2D eigenvalue weighted by molar-refractivity contribution is 0.00578. The van der Waals surface area contributed by atoms with E-state index >= 15 is 0 Å². The summed E-state index contributed by atoms with van der Waals surface area (Å²) in [7, 11) is -0.408. The Bertz CT molecular complexity index is 4790. The van der Waals surface area contributed by atoms with Crippen LogP contribution in [0.25, 0.3) is 55.7 Å². The number of benzene rings is 14. The predicted octanol–water partition coefficient (Wildman–Crippen LogP) is 25.2. The van der Waals surface area contributed by atoms with Crippen molar-refractivity contribution in [1.29, 1.82) is 0 Å². The minimum Gasteiger partial charge on any atom is -0.399 e. The maximum absolute atomic E-state index is 6.38. The maximum atomic E-state index is 6.38. The quantitative estimate of drug-likeness (QED) is 0.0752. The Labute approximate surface area is 613 Å². The Morgan fingerprint density at radius 3 is 0.653 bits per heavy atom. The van der Waals surface area contributed by atoms with Gasteiger partial charge in [0.2, 0.25) is 0 Å². The lowest BCUT2D eigenvalue weighted by atomic mass is 9.76. The van der Waals surface area contributed by atoms with Gasteiger partial charge < -0.3 is 9.31 Å². The highest BCUT2D eigenvalue weighted by atomic mass is 79.9. The molecule has 15 rings (SSSR count). The number of hydrogen-bond acceptors (Lipinski definition) is 2.